The van der Waals surface area contributed by atoms with Crippen molar-refractivity contribution in [3.8, 4) is 0 Å². The van der Waals surface area contributed by atoms with E-state index in [1.807, 2.05) is 13.8 Å². The second-order valence-electron chi connectivity index (χ2n) is 15.9. The van der Waals surface area contributed by atoms with E-state index < -0.39 is 59.7 Å². The molecule has 8 rings (SSSR count). The fourth-order valence-electron chi connectivity index (χ4n) is 10.3. The highest BCUT2D eigenvalue weighted by atomic mass is 33.1. The number of ether oxygens (including phenoxy) is 6. The van der Waals surface area contributed by atoms with Crippen LogP contribution >= 0.6 is 21.6 Å². The van der Waals surface area contributed by atoms with E-state index in [-0.39, 0.29) is 67.3 Å². The minimum Gasteiger partial charge on any atom is -0.459 e. The molecule has 296 valence electrons. The Kier molecular flexibility index (Phi) is 11.5. The summed E-state index contributed by atoms with van der Waals surface area (Å²) in [6, 6.07) is 0. The molecule has 0 amide bonds. The van der Waals surface area contributed by atoms with E-state index in [0.29, 0.717) is 43.1 Å². The second kappa shape index (κ2) is 15.2. The fraction of sp³-hybridized carbons (Fsp3) is 0.889. The highest BCUT2D eigenvalue weighted by molar-refractivity contribution is 8.76. The summed E-state index contributed by atoms with van der Waals surface area (Å²) in [7, 11) is 2.93. The highest BCUT2D eigenvalue weighted by Gasteiger charge is 2.68. The van der Waals surface area contributed by atoms with Crippen LogP contribution in [0.3, 0.4) is 0 Å². The third-order valence-electron chi connectivity index (χ3n) is 12.9. The zero-order valence-corrected chi connectivity index (χ0v) is 31.7. The molecule has 16 heteroatoms. The number of halogens is 6. The van der Waals surface area contributed by atoms with Gasteiger partial charge in [-0.2, -0.15) is 26.3 Å². The van der Waals surface area contributed by atoms with Gasteiger partial charge in [0.25, 0.3) is 0 Å². The molecule has 0 aromatic rings. The quantitative estimate of drug-likeness (QED) is 0.0877. The maximum atomic E-state index is 14.4. The lowest BCUT2D eigenvalue weighted by molar-refractivity contribution is -0.528. The van der Waals surface area contributed by atoms with Gasteiger partial charge in [-0.3, -0.25) is 0 Å². The molecule has 0 aromatic carbocycles. The third kappa shape index (κ3) is 7.27. The average Bonchev–Trinajstić information content (AvgIpc) is 3.45. The molecule has 2 saturated carbocycles. The first kappa shape index (κ1) is 39.4. The van der Waals surface area contributed by atoms with Crippen molar-refractivity contribution in [2.24, 2.45) is 40.9 Å². The van der Waals surface area contributed by atoms with Gasteiger partial charge in [0.05, 0.1) is 32.5 Å². The standard InChI is InChI=1S/C36H50F6O8S2/c1-19-11-12-33(4)26(30(36(40,41)42)47-31-28(33)22(19)7-6-21(3)45-31)18-44-14-16-52-51-15-13-43-17-23-25-8-5-20(2)24-9-10-27-46-32(34(24,25)50-49-27)48-29(23)35(37,38)39/h19-22,24-25,27-28,31-32H,5-18H2,1-4H3/t19-,20-,21+,22?,24?,25+,27-,28?,31+,32+,33+,34-/m1/s1. The topological polar surface area (TPSA) is 73.8 Å². The minimum atomic E-state index is -4.72. The Bertz CT molecular complexity index is 1360. The number of fused-ring (bicyclic) bond motifs is 2. The van der Waals surface area contributed by atoms with Crippen LogP contribution in [0.5, 0.6) is 0 Å². The molecule has 6 heterocycles. The van der Waals surface area contributed by atoms with Crippen LogP contribution in [0.1, 0.15) is 79.1 Å². The molecule has 52 heavy (non-hydrogen) atoms. The first-order chi connectivity index (χ1) is 24.6. The number of rotatable bonds is 11. The van der Waals surface area contributed by atoms with Gasteiger partial charge >= 0.3 is 12.4 Å². The molecule has 1 spiro atoms. The molecule has 8 aliphatic rings. The van der Waals surface area contributed by atoms with Crippen molar-refractivity contribution in [2.75, 3.05) is 37.9 Å². The second-order valence-corrected chi connectivity index (χ2v) is 18.6. The van der Waals surface area contributed by atoms with Crippen molar-refractivity contribution in [3.63, 3.8) is 0 Å². The maximum absolute atomic E-state index is 14.4. The first-order valence-corrected chi connectivity index (χ1v) is 21.1. The molecule has 6 aliphatic heterocycles. The van der Waals surface area contributed by atoms with E-state index in [4.69, 9.17) is 38.2 Å². The molecule has 0 N–H and O–H groups in total. The van der Waals surface area contributed by atoms with Crippen LogP contribution in [0.15, 0.2) is 22.7 Å². The molecule has 0 aromatic heterocycles. The van der Waals surface area contributed by atoms with Crippen LogP contribution in [0, 0.1) is 40.9 Å². The van der Waals surface area contributed by atoms with Crippen molar-refractivity contribution in [2.45, 2.75) is 122 Å². The summed E-state index contributed by atoms with van der Waals surface area (Å²) in [6.07, 6.45) is -6.91. The molecular weight excluding hydrogens is 739 g/mol. The van der Waals surface area contributed by atoms with Crippen LogP contribution in [-0.4, -0.2) is 80.9 Å². The SMILES string of the molecule is C[C@@H]1CC[C@@]2(C)C(COCCSSCCOCC3=C(C(F)(F)F)O[C@@H]4O[C@H]5CCC6[C@H](C)CC[C@@H]3[C@]64OO5)=C(C(F)(F)F)O[C@@H]3O[C@@H](C)CCC1C32. The van der Waals surface area contributed by atoms with Crippen LogP contribution in [0.2, 0.25) is 0 Å². The Morgan fingerprint density at radius 1 is 0.769 bits per heavy atom. The number of hydrogen-bond donors (Lipinski definition) is 0. The zero-order valence-electron chi connectivity index (χ0n) is 30.0. The molecule has 2 aliphatic carbocycles. The Morgan fingerprint density at radius 3 is 2.19 bits per heavy atom. The van der Waals surface area contributed by atoms with Crippen LogP contribution in [0.25, 0.3) is 0 Å². The van der Waals surface area contributed by atoms with Gasteiger partial charge in [-0.1, -0.05) is 42.4 Å². The molecule has 12 atom stereocenters. The molecule has 3 unspecified atom stereocenters. The predicted octanol–water partition coefficient (Wildman–Crippen LogP) is 9.11. The Balaban J connectivity index is 0.911. The normalized spacial score (nSPS) is 41.8. The summed E-state index contributed by atoms with van der Waals surface area (Å²) in [6.45, 7) is 8.05. The maximum Gasteiger partial charge on any atom is 0.449 e. The predicted molar refractivity (Wildman–Crippen MR) is 180 cm³/mol. The van der Waals surface area contributed by atoms with Gasteiger partial charge < -0.3 is 28.4 Å². The highest BCUT2D eigenvalue weighted by Crippen LogP contribution is 2.61. The van der Waals surface area contributed by atoms with Crippen molar-refractivity contribution < 1.29 is 64.5 Å². The Morgan fingerprint density at radius 2 is 1.48 bits per heavy atom. The summed E-state index contributed by atoms with van der Waals surface area (Å²) in [5, 5.41) is 0. The van der Waals surface area contributed by atoms with E-state index in [0.717, 1.165) is 25.7 Å². The Labute approximate surface area is 309 Å². The van der Waals surface area contributed by atoms with Gasteiger partial charge in [-0.05, 0) is 69.6 Å². The van der Waals surface area contributed by atoms with E-state index in [9.17, 15) is 26.3 Å². The summed E-state index contributed by atoms with van der Waals surface area (Å²) >= 11 is 0. The lowest BCUT2D eigenvalue weighted by Crippen LogP contribution is -2.66. The average molecular weight is 789 g/mol. The monoisotopic (exact) mass is 788 g/mol. The molecule has 0 radical (unpaired) electrons. The number of alkyl halides is 6. The van der Waals surface area contributed by atoms with E-state index in [1.165, 1.54) is 21.6 Å². The van der Waals surface area contributed by atoms with Gasteiger partial charge in [-0.25, -0.2) is 9.78 Å². The van der Waals surface area contributed by atoms with Gasteiger partial charge in [0.2, 0.25) is 24.1 Å². The zero-order chi connectivity index (χ0) is 37.1. The van der Waals surface area contributed by atoms with Crippen LogP contribution in [0.4, 0.5) is 26.3 Å². The van der Waals surface area contributed by atoms with Gasteiger partial charge in [-0.15, -0.1) is 0 Å². The van der Waals surface area contributed by atoms with Crippen molar-refractivity contribution in [1.29, 1.82) is 0 Å². The first-order valence-electron chi connectivity index (χ1n) is 18.6. The van der Waals surface area contributed by atoms with Crippen LogP contribution in [-0.2, 0) is 38.2 Å². The minimum absolute atomic E-state index is 0.0298. The van der Waals surface area contributed by atoms with Gasteiger partial charge in [0, 0.05) is 52.2 Å². The third-order valence-corrected chi connectivity index (χ3v) is 15.2. The molecule has 4 saturated heterocycles. The van der Waals surface area contributed by atoms with E-state index in [1.54, 1.807) is 0 Å². The summed E-state index contributed by atoms with van der Waals surface area (Å²) in [5.74, 6) is -1.15. The van der Waals surface area contributed by atoms with Gasteiger partial charge in [0.1, 0.15) is 0 Å². The lowest BCUT2D eigenvalue weighted by atomic mass is 9.54. The smallest absolute Gasteiger partial charge is 0.449 e. The fourth-order valence-corrected chi connectivity index (χ4v) is 12.0. The van der Waals surface area contributed by atoms with Crippen LogP contribution < -0.4 is 0 Å². The Hall–Kier alpha value is -0.880. The van der Waals surface area contributed by atoms with Crippen molar-refractivity contribution in [1.82, 2.24) is 0 Å². The molecule has 2 bridgehead atoms. The summed E-state index contributed by atoms with van der Waals surface area (Å²) < 4.78 is 121. The van der Waals surface area contributed by atoms with E-state index in [2.05, 4.69) is 13.8 Å². The largest absolute Gasteiger partial charge is 0.459 e. The number of hydrogen-bond acceptors (Lipinski definition) is 10. The van der Waals surface area contributed by atoms with E-state index >= 15 is 0 Å². The van der Waals surface area contributed by atoms with Crippen molar-refractivity contribution in [3.05, 3.63) is 22.7 Å². The summed E-state index contributed by atoms with van der Waals surface area (Å²) in [5.41, 5.74) is -1.71. The molecule has 8 nitrogen and oxygen atoms in total. The van der Waals surface area contributed by atoms with Gasteiger partial charge in [0.15, 0.2) is 11.9 Å². The van der Waals surface area contributed by atoms with Crippen molar-refractivity contribution >= 4 is 21.6 Å². The summed E-state index contributed by atoms with van der Waals surface area (Å²) in [4.78, 5) is 11.4. The lowest BCUT2D eigenvalue weighted by Gasteiger charge is -2.56. The molecular formula is C36H50F6O8S2. The number of allylic oxidation sites excluding steroid dienone is 2. The molecule has 6 fully saturated rings.